The van der Waals surface area contributed by atoms with Crippen LogP contribution in [0.15, 0.2) is 29.2 Å². The van der Waals surface area contributed by atoms with E-state index in [2.05, 4.69) is 0 Å². The molecule has 0 heterocycles. The van der Waals surface area contributed by atoms with Crippen LogP contribution in [0.4, 0.5) is 13.2 Å². The van der Waals surface area contributed by atoms with Crippen LogP contribution in [-0.4, -0.2) is 19.7 Å². The summed E-state index contributed by atoms with van der Waals surface area (Å²) in [6.07, 6.45) is -1.98. The van der Waals surface area contributed by atoms with Gasteiger partial charge in [-0.3, -0.25) is 0 Å². The van der Waals surface area contributed by atoms with E-state index < -0.39 is 32.9 Å². The molecule has 0 saturated heterocycles. The Balaban J connectivity index is 2.39. The maximum absolute atomic E-state index is 12.7. The average molecular weight is 307 g/mol. The maximum Gasteiger partial charge on any atom is 0.416 e. The minimum Gasteiger partial charge on any atom is -0.327 e. The van der Waals surface area contributed by atoms with Gasteiger partial charge >= 0.3 is 6.18 Å². The first-order valence-corrected chi connectivity index (χ1v) is 7.94. The van der Waals surface area contributed by atoms with E-state index in [9.17, 15) is 21.6 Å². The lowest BCUT2D eigenvalue weighted by molar-refractivity contribution is -0.137. The topological polar surface area (TPSA) is 60.2 Å². The molecule has 0 aromatic heterocycles. The molecule has 0 amide bonds. The van der Waals surface area contributed by atoms with Crippen molar-refractivity contribution in [3.05, 3.63) is 29.8 Å². The van der Waals surface area contributed by atoms with Crippen molar-refractivity contribution in [2.45, 2.75) is 48.0 Å². The van der Waals surface area contributed by atoms with Gasteiger partial charge in [0, 0.05) is 6.04 Å². The summed E-state index contributed by atoms with van der Waals surface area (Å²) in [5.41, 5.74) is 4.87. The number of rotatable bonds is 2. The van der Waals surface area contributed by atoms with Crippen molar-refractivity contribution >= 4 is 9.84 Å². The SMILES string of the molecule is NC1CCCCC1S(=O)(=O)c1cccc(C(F)(F)F)c1. The zero-order valence-electron chi connectivity index (χ0n) is 10.7. The molecule has 0 spiro atoms. The van der Waals surface area contributed by atoms with Crippen molar-refractivity contribution in [3.63, 3.8) is 0 Å². The van der Waals surface area contributed by atoms with Crippen LogP contribution in [0.1, 0.15) is 31.2 Å². The molecule has 1 aliphatic carbocycles. The van der Waals surface area contributed by atoms with Crippen LogP contribution in [0, 0.1) is 0 Å². The lowest BCUT2D eigenvalue weighted by atomic mass is 9.96. The zero-order valence-corrected chi connectivity index (χ0v) is 11.5. The number of benzene rings is 1. The first kappa shape index (κ1) is 15.3. The number of hydrogen-bond acceptors (Lipinski definition) is 3. The summed E-state index contributed by atoms with van der Waals surface area (Å²) in [6, 6.07) is 3.36. The number of nitrogens with two attached hydrogens (primary N) is 1. The van der Waals surface area contributed by atoms with Gasteiger partial charge in [0.15, 0.2) is 9.84 Å². The van der Waals surface area contributed by atoms with E-state index in [0.717, 1.165) is 25.0 Å². The van der Waals surface area contributed by atoms with Gasteiger partial charge in [-0.2, -0.15) is 13.2 Å². The van der Waals surface area contributed by atoms with Gasteiger partial charge in [-0.1, -0.05) is 18.9 Å². The molecule has 7 heteroatoms. The first-order valence-electron chi connectivity index (χ1n) is 6.39. The summed E-state index contributed by atoms with van der Waals surface area (Å²) < 4.78 is 62.8. The quantitative estimate of drug-likeness (QED) is 0.914. The molecule has 20 heavy (non-hydrogen) atoms. The van der Waals surface area contributed by atoms with Gasteiger partial charge in [-0.25, -0.2) is 8.42 Å². The van der Waals surface area contributed by atoms with E-state index in [1.54, 1.807) is 0 Å². The highest BCUT2D eigenvalue weighted by molar-refractivity contribution is 7.92. The Kier molecular flexibility index (Phi) is 4.11. The highest BCUT2D eigenvalue weighted by Crippen LogP contribution is 2.33. The molecule has 3 nitrogen and oxygen atoms in total. The average Bonchev–Trinajstić information content (AvgIpc) is 2.38. The van der Waals surface area contributed by atoms with Gasteiger partial charge < -0.3 is 5.73 Å². The fraction of sp³-hybridized carbons (Fsp3) is 0.538. The van der Waals surface area contributed by atoms with Crippen LogP contribution in [0.3, 0.4) is 0 Å². The van der Waals surface area contributed by atoms with Crippen molar-refractivity contribution in [2.24, 2.45) is 5.73 Å². The van der Waals surface area contributed by atoms with Gasteiger partial charge in [-0.05, 0) is 31.0 Å². The second-order valence-electron chi connectivity index (χ2n) is 5.06. The van der Waals surface area contributed by atoms with Crippen molar-refractivity contribution in [1.82, 2.24) is 0 Å². The Morgan fingerprint density at radius 1 is 1.15 bits per heavy atom. The summed E-state index contributed by atoms with van der Waals surface area (Å²) >= 11 is 0. The van der Waals surface area contributed by atoms with Crippen LogP contribution in [0.25, 0.3) is 0 Å². The number of sulfone groups is 1. The van der Waals surface area contributed by atoms with Crippen molar-refractivity contribution in [2.75, 3.05) is 0 Å². The molecular weight excluding hydrogens is 291 g/mol. The lowest BCUT2D eigenvalue weighted by Crippen LogP contribution is -2.42. The summed E-state index contributed by atoms with van der Waals surface area (Å²) in [6.45, 7) is 0. The molecule has 2 unspecified atom stereocenters. The Hall–Kier alpha value is -1.08. The standard InChI is InChI=1S/C13H16F3NO2S/c14-13(15,16)9-4-3-5-10(8-9)20(18,19)12-7-2-1-6-11(12)17/h3-5,8,11-12H,1-2,6-7,17H2. The first-order chi connectivity index (χ1) is 9.23. The van der Waals surface area contributed by atoms with Crippen molar-refractivity contribution < 1.29 is 21.6 Å². The third kappa shape index (κ3) is 2.98. The van der Waals surface area contributed by atoms with Gasteiger partial charge in [0.2, 0.25) is 0 Å². The van der Waals surface area contributed by atoms with E-state index in [1.807, 2.05) is 0 Å². The monoisotopic (exact) mass is 307 g/mol. The molecule has 1 fully saturated rings. The molecule has 1 aliphatic rings. The number of alkyl halides is 3. The van der Waals surface area contributed by atoms with Crippen LogP contribution >= 0.6 is 0 Å². The van der Waals surface area contributed by atoms with Crippen LogP contribution < -0.4 is 5.73 Å². The summed E-state index contributed by atoms with van der Waals surface area (Å²) in [5, 5.41) is -0.792. The van der Waals surface area contributed by atoms with Gasteiger partial charge in [-0.15, -0.1) is 0 Å². The Morgan fingerprint density at radius 3 is 2.40 bits per heavy atom. The molecule has 0 radical (unpaired) electrons. The zero-order chi connectivity index (χ0) is 15.0. The number of hydrogen-bond donors (Lipinski definition) is 1. The second-order valence-corrected chi connectivity index (χ2v) is 7.22. The molecule has 2 rings (SSSR count). The van der Waals surface area contributed by atoms with E-state index in [1.165, 1.54) is 6.07 Å². The van der Waals surface area contributed by atoms with Gasteiger partial charge in [0.25, 0.3) is 0 Å². The second kappa shape index (κ2) is 5.37. The normalized spacial score (nSPS) is 24.6. The molecular formula is C13H16F3NO2S. The molecule has 1 saturated carbocycles. The molecule has 1 aromatic carbocycles. The van der Waals surface area contributed by atoms with E-state index >= 15 is 0 Å². The molecule has 112 valence electrons. The van der Waals surface area contributed by atoms with E-state index in [0.29, 0.717) is 18.9 Å². The summed E-state index contributed by atoms with van der Waals surface area (Å²) in [4.78, 5) is -0.297. The molecule has 0 bridgehead atoms. The van der Waals surface area contributed by atoms with Crippen molar-refractivity contribution in [1.29, 1.82) is 0 Å². The van der Waals surface area contributed by atoms with Crippen LogP contribution in [-0.2, 0) is 16.0 Å². The minimum atomic E-state index is -4.56. The lowest BCUT2D eigenvalue weighted by Gasteiger charge is -2.28. The maximum atomic E-state index is 12.7. The Bertz CT molecular complexity index is 584. The number of halogens is 3. The van der Waals surface area contributed by atoms with E-state index in [4.69, 9.17) is 5.73 Å². The smallest absolute Gasteiger partial charge is 0.327 e. The third-order valence-corrected chi connectivity index (χ3v) is 5.94. The van der Waals surface area contributed by atoms with Crippen molar-refractivity contribution in [3.8, 4) is 0 Å². The van der Waals surface area contributed by atoms with E-state index in [-0.39, 0.29) is 4.90 Å². The minimum absolute atomic E-state index is 0.297. The van der Waals surface area contributed by atoms with Gasteiger partial charge in [0.05, 0.1) is 15.7 Å². The van der Waals surface area contributed by atoms with Crippen LogP contribution in [0.2, 0.25) is 0 Å². The largest absolute Gasteiger partial charge is 0.416 e. The van der Waals surface area contributed by atoms with Gasteiger partial charge in [0.1, 0.15) is 0 Å². The summed E-state index contributed by atoms with van der Waals surface area (Å²) in [5.74, 6) is 0. The molecule has 1 aromatic rings. The highest BCUT2D eigenvalue weighted by Gasteiger charge is 2.36. The Morgan fingerprint density at radius 2 is 1.80 bits per heavy atom. The molecule has 2 atom stereocenters. The molecule has 2 N–H and O–H groups in total. The fourth-order valence-electron chi connectivity index (χ4n) is 2.53. The fourth-order valence-corrected chi connectivity index (χ4v) is 4.52. The molecule has 0 aliphatic heterocycles. The predicted octanol–water partition coefficient (Wildman–Crippen LogP) is 2.75. The van der Waals surface area contributed by atoms with Crippen LogP contribution in [0.5, 0.6) is 0 Å². The predicted molar refractivity (Wildman–Crippen MR) is 68.9 cm³/mol. The highest BCUT2D eigenvalue weighted by atomic mass is 32.2. The summed E-state index contributed by atoms with van der Waals surface area (Å²) in [7, 11) is -3.82. The third-order valence-electron chi connectivity index (χ3n) is 3.64. The Labute approximate surface area is 115 Å².